The summed E-state index contributed by atoms with van der Waals surface area (Å²) >= 11 is 4.97. The predicted octanol–water partition coefficient (Wildman–Crippen LogP) is 2.83. The van der Waals surface area contributed by atoms with Gasteiger partial charge in [-0.1, -0.05) is 0 Å². The summed E-state index contributed by atoms with van der Waals surface area (Å²) in [7, 11) is 0. The third-order valence-electron chi connectivity index (χ3n) is 2.65. The van der Waals surface area contributed by atoms with E-state index in [1.807, 2.05) is 34.3 Å². The summed E-state index contributed by atoms with van der Waals surface area (Å²) in [6.45, 7) is 0. The van der Waals surface area contributed by atoms with Crippen LogP contribution in [0.1, 0.15) is 17.5 Å². The Morgan fingerprint density at radius 3 is 3.17 bits per heavy atom. The monoisotopic (exact) mass is 323 g/mol. The van der Waals surface area contributed by atoms with Gasteiger partial charge >= 0.3 is 0 Å². The van der Waals surface area contributed by atoms with Crippen molar-refractivity contribution in [2.45, 2.75) is 12.5 Å². The van der Waals surface area contributed by atoms with Crippen molar-refractivity contribution in [2.75, 3.05) is 0 Å². The Hall–Kier alpha value is -1.24. The SMILES string of the molecule is OC(Cc1cn2ccsc2n1)c1ncccc1Br. The van der Waals surface area contributed by atoms with E-state index < -0.39 is 6.10 Å². The number of pyridine rings is 1. The van der Waals surface area contributed by atoms with Gasteiger partial charge in [0.25, 0.3) is 0 Å². The maximum Gasteiger partial charge on any atom is 0.193 e. The highest BCUT2D eigenvalue weighted by Crippen LogP contribution is 2.24. The molecule has 3 aromatic heterocycles. The van der Waals surface area contributed by atoms with Gasteiger partial charge in [0.2, 0.25) is 0 Å². The Balaban J connectivity index is 1.84. The first-order chi connectivity index (χ1) is 8.74. The molecule has 3 aromatic rings. The van der Waals surface area contributed by atoms with E-state index in [4.69, 9.17) is 0 Å². The molecule has 0 fully saturated rings. The van der Waals surface area contributed by atoms with E-state index in [1.54, 1.807) is 17.5 Å². The second-order valence-electron chi connectivity index (χ2n) is 3.92. The van der Waals surface area contributed by atoms with Crippen LogP contribution in [0.5, 0.6) is 0 Å². The molecule has 1 atom stereocenters. The largest absolute Gasteiger partial charge is 0.386 e. The van der Waals surface area contributed by atoms with E-state index in [9.17, 15) is 5.11 Å². The van der Waals surface area contributed by atoms with Gasteiger partial charge in [0.15, 0.2) is 4.96 Å². The van der Waals surface area contributed by atoms with Crippen LogP contribution in [0.4, 0.5) is 0 Å². The second-order valence-corrected chi connectivity index (χ2v) is 5.64. The Bertz CT molecular complexity index is 650. The molecular weight excluding hydrogens is 314 g/mol. The van der Waals surface area contributed by atoms with Crippen molar-refractivity contribution < 1.29 is 5.11 Å². The fourth-order valence-corrected chi connectivity index (χ4v) is 3.05. The number of aliphatic hydroxyl groups excluding tert-OH is 1. The molecule has 18 heavy (non-hydrogen) atoms. The third-order valence-corrected chi connectivity index (χ3v) is 4.09. The molecule has 4 nitrogen and oxygen atoms in total. The van der Waals surface area contributed by atoms with E-state index >= 15 is 0 Å². The maximum absolute atomic E-state index is 10.2. The summed E-state index contributed by atoms with van der Waals surface area (Å²) in [5, 5.41) is 12.2. The lowest BCUT2D eigenvalue weighted by molar-refractivity contribution is 0.171. The van der Waals surface area contributed by atoms with Crippen molar-refractivity contribution in [1.29, 1.82) is 0 Å². The van der Waals surface area contributed by atoms with Gasteiger partial charge in [-0.2, -0.15) is 0 Å². The minimum Gasteiger partial charge on any atom is -0.386 e. The molecule has 0 radical (unpaired) electrons. The molecule has 0 spiro atoms. The Morgan fingerprint density at radius 1 is 1.50 bits per heavy atom. The van der Waals surface area contributed by atoms with Crippen LogP contribution < -0.4 is 0 Å². The number of nitrogens with zero attached hydrogens (tertiary/aromatic N) is 3. The van der Waals surface area contributed by atoms with Gasteiger partial charge in [-0.05, 0) is 28.1 Å². The minimum absolute atomic E-state index is 0.462. The van der Waals surface area contributed by atoms with Crippen LogP contribution in [0, 0.1) is 0 Å². The van der Waals surface area contributed by atoms with Gasteiger partial charge in [-0.25, -0.2) is 4.98 Å². The molecular formula is C12H10BrN3OS. The lowest BCUT2D eigenvalue weighted by Gasteiger charge is -2.09. The number of halogens is 1. The van der Waals surface area contributed by atoms with Crippen molar-refractivity contribution >= 4 is 32.2 Å². The van der Waals surface area contributed by atoms with Crippen molar-refractivity contribution in [3.63, 3.8) is 0 Å². The Kier molecular flexibility index (Phi) is 3.15. The quantitative estimate of drug-likeness (QED) is 0.806. The summed E-state index contributed by atoms with van der Waals surface area (Å²) in [5.74, 6) is 0. The van der Waals surface area contributed by atoms with E-state index in [2.05, 4.69) is 25.9 Å². The Labute approximate surface area is 116 Å². The van der Waals surface area contributed by atoms with Crippen LogP contribution in [0.25, 0.3) is 4.96 Å². The standard InChI is InChI=1S/C12H10BrN3OS/c13-9-2-1-3-14-11(9)10(17)6-8-7-16-4-5-18-12(16)15-8/h1-5,7,10,17H,6H2. The highest BCUT2D eigenvalue weighted by Gasteiger charge is 2.15. The van der Waals surface area contributed by atoms with E-state index in [-0.39, 0.29) is 0 Å². The molecule has 0 amide bonds. The number of hydrogen-bond acceptors (Lipinski definition) is 4. The average Bonchev–Trinajstić information content (AvgIpc) is 2.90. The molecule has 6 heteroatoms. The molecule has 0 saturated carbocycles. The molecule has 0 saturated heterocycles. The fourth-order valence-electron chi connectivity index (χ4n) is 1.81. The van der Waals surface area contributed by atoms with Gasteiger partial charge in [-0.15, -0.1) is 11.3 Å². The topological polar surface area (TPSA) is 50.4 Å². The summed E-state index contributed by atoms with van der Waals surface area (Å²) in [5.41, 5.74) is 1.51. The number of hydrogen-bond donors (Lipinski definition) is 1. The number of aromatic nitrogens is 3. The normalized spacial score (nSPS) is 13.0. The van der Waals surface area contributed by atoms with Gasteiger partial charge in [-0.3, -0.25) is 9.38 Å². The zero-order valence-electron chi connectivity index (χ0n) is 9.32. The first kappa shape index (κ1) is 11.8. The molecule has 0 aromatic carbocycles. The van der Waals surface area contributed by atoms with Gasteiger partial charge < -0.3 is 5.11 Å². The number of rotatable bonds is 3. The smallest absolute Gasteiger partial charge is 0.193 e. The summed E-state index contributed by atoms with van der Waals surface area (Å²) in [6, 6.07) is 3.70. The highest BCUT2D eigenvalue weighted by atomic mass is 79.9. The predicted molar refractivity (Wildman–Crippen MR) is 73.7 cm³/mol. The lowest BCUT2D eigenvalue weighted by Crippen LogP contribution is -2.05. The fraction of sp³-hybridized carbons (Fsp3) is 0.167. The van der Waals surface area contributed by atoms with Crippen molar-refractivity contribution in [3.05, 3.63) is 52.0 Å². The van der Waals surface area contributed by atoms with Crippen LogP contribution in [0.3, 0.4) is 0 Å². The Morgan fingerprint density at radius 2 is 2.39 bits per heavy atom. The van der Waals surface area contributed by atoms with E-state index in [1.165, 1.54) is 0 Å². The molecule has 1 N–H and O–H groups in total. The average molecular weight is 324 g/mol. The third kappa shape index (κ3) is 2.19. The number of fused-ring (bicyclic) bond motifs is 1. The summed E-state index contributed by atoms with van der Waals surface area (Å²) < 4.78 is 2.78. The van der Waals surface area contributed by atoms with E-state index in [0.717, 1.165) is 15.1 Å². The molecule has 0 aliphatic carbocycles. The zero-order chi connectivity index (χ0) is 12.5. The first-order valence-electron chi connectivity index (χ1n) is 5.43. The number of aliphatic hydroxyl groups is 1. The van der Waals surface area contributed by atoms with Crippen LogP contribution in [0.2, 0.25) is 0 Å². The molecule has 0 aliphatic rings. The molecule has 92 valence electrons. The lowest BCUT2D eigenvalue weighted by atomic mass is 10.1. The van der Waals surface area contributed by atoms with Gasteiger partial charge in [0.05, 0.1) is 11.4 Å². The second kappa shape index (κ2) is 4.79. The maximum atomic E-state index is 10.2. The van der Waals surface area contributed by atoms with E-state index in [0.29, 0.717) is 12.1 Å². The van der Waals surface area contributed by atoms with Crippen molar-refractivity contribution in [3.8, 4) is 0 Å². The zero-order valence-corrected chi connectivity index (χ0v) is 11.7. The van der Waals surface area contributed by atoms with Crippen molar-refractivity contribution in [2.24, 2.45) is 0 Å². The minimum atomic E-state index is -0.648. The molecule has 1 unspecified atom stereocenters. The van der Waals surface area contributed by atoms with Crippen LogP contribution >= 0.6 is 27.3 Å². The van der Waals surface area contributed by atoms with Gasteiger partial charge in [0.1, 0.15) is 6.10 Å². The summed E-state index contributed by atoms with van der Waals surface area (Å²) in [4.78, 5) is 9.58. The van der Waals surface area contributed by atoms with Crippen LogP contribution in [-0.4, -0.2) is 19.5 Å². The highest BCUT2D eigenvalue weighted by molar-refractivity contribution is 9.10. The molecule has 3 rings (SSSR count). The first-order valence-corrected chi connectivity index (χ1v) is 7.11. The van der Waals surface area contributed by atoms with Gasteiger partial charge in [0, 0.05) is 34.9 Å². The van der Waals surface area contributed by atoms with Crippen molar-refractivity contribution in [1.82, 2.24) is 14.4 Å². The summed E-state index contributed by atoms with van der Waals surface area (Å²) in [6.07, 6.45) is 5.38. The number of thiazole rings is 1. The van der Waals surface area contributed by atoms with Crippen LogP contribution in [0.15, 0.2) is 40.6 Å². The molecule has 0 aliphatic heterocycles. The number of imidazole rings is 1. The molecule has 0 bridgehead atoms. The van der Waals surface area contributed by atoms with Crippen LogP contribution in [-0.2, 0) is 6.42 Å². The molecule has 3 heterocycles.